The number of aryl methyl sites for hydroxylation is 1. The summed E-state index contributed by atoms with van der Waals surface area (Å²) in [7, 11) is 0. The Morgan fingerprint density at radius 1 is 1.12 bits per heavy atom. The Balaban J connectivity index is 1.54. The average molecular weight is 497 g/mol. The molecule has 0 unspecified atom stereocenters. The van der Waals surface area contributed by atoms with Gasteiger partial charge < -0.3 is 10.4 Å². The van der Waals surface area contributed by atoms with Gasteiger partial charge in [-0.25, -0.2) is 9.78 Å². The zero-order valence-electron chi connectivity index (χ0n) is 17.9. The standard InChI is InChI=1S/C23H23F3N2O3S2/c1-10-9-32-20(27-10)18-14-7-6-13(23(24,25)26)8-15(14)33-21(18)28-19(29)16-11-2-4-12(5-3-11)17(16)22(30)31/h9,11-13H,2-8H2,1H3,(H,28,29)(H,30,31)/t11?,12?,13-/m1/s1. The van der Waals surface area contributed by atoms with E-state index in [2.05, 4.69) is 10.3 Å². The third-order valence-electron chi connectivity index (χ3n) is 7.10. The normalized spacial score (nSPS) is 24.7. The predicted octanol–water partition coefficient (Wildman–Crippen LogP) is 5.99. The molecule has 2 aromatic heterocycles. The monoisotopic (exact) mass is 496 g/mol. The number of amides is 1. The van der Waals surface area contributed by atoms with Gasteiger partial charge in [0.1, 0.15) is 10.0 Å². The van der Waals surface area contributed by atoms with Crippen LogP contribution in [0.3, 0.4) is 0 Å². The highest BCUT2D eigenvalue weighted by atomic mass is 32.1. The van der Waals surface area contributed by atoms with E-state index in [-0.39, 0.29) is 36.7 Å². The summed E-state index contributed by atoms with van der Waals surface area (Å²) in [5.41, 5.74) is 2.87. The number of hydrogen-bond acceptors (Lipinski definition) is 5. The molecule has 2 aromatic rings. The summed E-state index contributed by atoms with van der Waals surface area (Å²) in [6, 6.07) is 0. The second-order valence-electron chi connectivity index (χ2n) is 9.12. The second kappa shape index (κ2) is 8.23. The molecule has 0 radical (unpaired) electrons. The number of thiazole rings is 1. The number of hydrogen-bond donors (Lipinski definition) is 2. The predicted molar refractivity (Wildman–Crippen MR) is 120 cm³/mol. The lowest BCUT2D eigenvalue weighted by Crippen LogP contribution is -2.35. The number of nitrogens with one attached hydrogen (secondary N) is 1. The van der Waals surface area contributed by atoms with Gasteiger partial charge in [0, 0.05) is 32.7 Å². The summed E-state index contributed by atoms with van der Waals surface area (Å²) < 4.78 is 40.2. The van der Waals surface area contributed by atoms with E-state index >= 15 is 0 Å². The number of rotatable bonds is 4. The van der Waals surface area contributed by atoms with Crippen molar-refractivity contribution in [2.45, 2.75) is 58.0 Å². The highest BCUT2D eigenvalue weighted by Gasteiger charge is 2.44. The highest BCUT2D eigenvalue weighted by molar-refractivity contribution is 7.18. The minimum atomic E-state index is -4.26. The maximum Gasteiger partial charge on any atom is 0.392 e. The Hall–Kier alpha value is -2.20. The number of carbonyl (C=O) groups excluding carboxylic acids is 1. The number of fused-ring (bicyclic) bond motifs is 3. The fourth-order valence-corrected chi connectivity index (χ4v) is 7.79. The lowest BCUT2D eigenvalue weighted by atomic mass is 9.66. The number of nitrogens with zero attached hydrogens (tertiary/aromatic N) is 1. The first-order valence-corrected chi connectivity index (χ1v) is 12.8. The van der Waals surface area contributed by atoms with Crippen LogP contribution in [0.2, 0.25) is 0 Å². The number of aromatic nitrogens is 1. The second-order valence-corrected chi connectivity index (χ2v) is 11.1. The molecule has 0 spiro atoms. The topological polar surface area (TPSA) is 79.3 Å². The van der Waals surface area contributed by atoms with Gasteiger partial charge in [0.05, 0.1) is 5.92 Å². The van der Waals surface area contributed by atoms with Gasteiger partial charge in [-0.3, -0.25) is 4.79 Å². The van der Waals surface area contributed by atoms with Crippen LogP contribution in [0.5, 0.6) is 0 Å². The van der Waals surface area contributed by atoms with Crippen molar-refractivity contribution < 1.29 is 27.9 Å². The SMILES string of the molecule is Cc1csc(-c2c(NC(=O)C3=C(C(=O)O)C4CCC3CC4)sc3c2CC[C@@H](C(F)(F)F)C3)n1. The number of halogens is 3. The Labute approximate surface area is 196 Å². The molecular weight excluding hydrogens is 473 g/mol. The number of anilines is 1. The number of carboxylic acids is 1. The molecule has 1 atom stereocenters. The first-order valence-electron chi connectivity index (χ1n) is 11.1. The third kappa shape index (κ3) is 4.01. The molecule has 0 saturated heterocycles. The maximum absolute atomic E-state index is 13.4. The van der Waals surface area contributed by atoms with Crippen LogP contribution in [0, 0.1) is 24.7 Å². The lowest BCUT2D eigenvalue weighted by Gasteiger charge is -2.37. The van der Waals surface area contributed by atoms with Crippen LogP contribution < -0.4 is 5.32 Å². The molecule has 0 aliphatic heterocycles. The van der Waals surface area contributed by atoms with Crippen molar-refractivity contribution in [1.82, 2.24) is 4.98 Å². The lowest BCUT2D eigenvalue weighted by molar-refractivity contribution is -0.176. The Kier molecular flexibility index (Phi) is 5.63. The first-order chi connectivity index (χ1) is 15.6. The molecule has 2 bridgehead atoms. The molecule has 4 aliphatic rings. The summed E-state index contributed by atoms with van der Waals surface area (Å²) in [4.78, 5) is 30.5. The van der Waals surface area contributed by atoms with Crippen molar-refractivity contribution >= 4 is 39.6 Å². The summed E-state index contributed by atoms with van der Waals surface area (Å²) in [6.07, 6.45) is -0.953. The molecule has 1 fully saturated rings. The molecule has 2 N–H and O–H groups in total. The van der Waals surface area contributed by atoms with Crippen LogP contribution in [-0.2, 0) is 22.4 Å². The summed E-state index contributed by atoms with van der Waals surface area (Å²) in [6.45, 7) is 1.85. The molecule has 176 valence electrons. The molecule has 5 nitrogen and oxygen atoms in total. The van der Waals surface area contributed by atoms with Gasteiger partial charge in [0.2, 0.25) is 0 Å². The molecule has 1 amide bonds. The van der Waals surface area contributed by atoms with E-state index in [4.69, 9.17) is 0 Å². The van der Waals surface area contributed by atoms with E-state index in [1.165, 1.54) is 22.7 Å². The van der Waals surface area contributed by atoms with Crippen LogP contribution >= 0.6 is 22.7 Å². The molecular formula is C23H23F3N2O3S2. The molecule has 4 aliphatic carbocycles. The van der Waals surface area contributed by atoms with E-state index in [1.807, 2.05) is 12.3 Å². The van der Waals surface area contributed by atoms with Crippen molar-refractivity contribution in [2.24, 2.45) is 17.8 Å². The van der Waals surface area contributed by atoms with Crippen molar-refractivity contribution in [3.05, 3.63) is 32.7 Å². The quantitative estimate of drug-likeness (QED) is 0.545. The van der Waals surface area contributed by atoms with Gasteiger partial charge in [0.15, 0.2) is 0 Å². The average Bonchev–Trinajstić information content (AvgIpc) is 3.35. The fourth-order valence-electron chi connectivity index (χ4n) is 5.53. The van der Waals surface area contributed by atoms with Crippen molar-refractivity contribution in [2.75, 3.05) is 5.32 Å². The zero-order chi connectivity index (χ0) is 23.5. The Bertz CT molecular complexity index is 1160. The van der Waals surface area contributed by atoms with Gasteiger partial charge in [0.25, 0.3) is 5.91 Å². The summed E-state index contributed by atoms with van der Waals surface area (Å²) >= 11 is 2.57. The van der Waals surface area contributed by atoms with Gasteiger partial charge in [-0.15, -0.1) is 22.7 Å². The third-order valence-corrected chi connectivity index (χ3v) is 9.24. The van der Waals surface area contributed by atoms with Crippen LogP contribution in [0.25, 0.3) is 10.6 Å². The smallest absolute Gasteiger partial charge is 0.392 e. The summed E-state index contributed by atoms with van der Waals surface area (Å²) in [5.74, 6) is -3.09. The number of thiophene rings is 1. The van der Waals surface area contributed by atoms with E-state index < -0.39 is 24.0 Å². The van der Waals surface area contributed by atoms with Crippen molar-refractivity contribution in [1.29, 1.82) is 0 Å². The van der Waals surface area contributed by atoms with Gasteiger partial charge in [-0.05, 0) is 69.3 Å². The maximum atomic E-state index is 13.4. The summed E-state index contributed by atoms with van der Waals surface area (Å²) in [5, 5.41) is 15.7. The van der Waals surface area contributed by atoms with E-state index in [1.54, 1.807) is 0 Å². The van der Waals surface area contributed by atoms with Crippen LogP contribution in [0.1, 0.15) is 48.2 Å². The largest absolute Gasteiger partial charge is 0.478 e. The molecule has 0 aromatic carbocycles. The Morgan fingerprint density at radius 2 is 1.79 bits per heavy atom. The van der Waals surface area contributed by atoms with E-state index in [9.17, 15) is 27.9 Å². The minimum Gasteiger partial charge on any atom is -0.478 e. The molecule has 1 saturated carbocycles. The van der Waals surface area contributed by atoms with Crippen LogP contribution in [0.15, 0.2) is 16.5 Å². The number of carbonyl (C=O) groups is 2. The fraction of sp³-hybridized carbons (Fsp3) is 0.522. The Morgan fingerprint density at radius 3 is 2.36 bits per heavy atom. The van der Waals surface area contributed by atoms with Crippen LogP contribution in [-0.4, -0.2) is 28.1 Å². The molecule has 2 heterocycles. The first kappa shape index (κ1) is 22.6. The van der Waals surface area contributed by atoms with Crippen LogP contribution in [0.4, 0.5) is 18.2 Å². The van der Waals surface area contributed by atoms with E-state index in [0.717, 1.165) is 36.9 Å². The molecule has 10 heteroatoms. The zero-order valence-corrected chi connectivity index (χ0v) is 19.6. The van der Waals surface area contributed by atoms with Crippen molar-refractivity contribution in [3.8, 4) is 10.6 Å². The highest BCUT2D eigenvalue weighted by Crippen LogP contribution is 2.50. The number of carboxylic acid groups (broad SMARTS) is 1. The van der Waals surface area contributed by atoms with Crippen molar-refractivity contribution in [3.63, 3.8) is 0 Å². The van der Waals surface area contributed by atoms with E-state index in [0.29, 0.717) is 26.0 Å². The number of alkyl halides is 3. The molecule has 33 heavy (non-hydrogen) atoms. The molecule has 6 rings (SSSR count). The van der Waals surface area contributed by atoms with Gasteiger partial charge in [-0.2, -0.15) is 13.2 Å². The number of aliphatic carboxylic acids is 1. The minimum absolute atomic E-state index is 0.00997. The van der Waals surface area contributed by atoms with Gasteiger partial charge in [-0.1, -0.05) is 0 Å². The van der Waals surface area contributed by atoms with Gasteiger partial charge >= 0.3 is 12.1 Å².